The van der Waals surface area contributed by atoms with Crippen molar-refractivity contribution in [3.05, 3.63) is 42.2 Å². The van der Waals surface area contributed by atoms with E-state index in [9.17, 15) is 8.78 Å². The zero-order valence-corrected chi connectivity index (χ0v) is 9.78. The molecule has 0 spiro atoms. The first-order valence-electron chi connectivity index (χ1n) is 5.08. The van der Waals surface area contributed by atoms with Crippen molar-refractivity contribution in [2.75, 3.05) is 0 Å². The molecule has 90 valence electrons. The van der Waals surface area contributed by atoms with Gasteiger partial charge in [-0.05, 0) is 5.56 Å². The lowest BCUT2D eigenvalue weighted by atomic mass is 10.2. The van der Waals surface area contributed by atoms with E-state index < -0.39 is 13.0 Å². The molecule has 2 rings (SSSR count). The van der Waals surface area contributed by atoms with E-state index in [4.69, 9.17) is 0 Å². The van der Waals surface area contributed by atoms with Crippen LogP contribution in [0.4, 0.5) is 8.78 Å². The maximum absolute atomic E-state index is 12.1. The van der Waals surface area contributed by atoms with Crippen LogP contribution in [-0.4, -0.2) is 21.2 Å². The van der Waals surface area contributed by atoms with Gasteiger partial charge < -0.3 is 0 Å². The second-order valence-corrected chi connectivity index (χ2v) is 4.36. The molecule has 1 heterocycles. The standard InChI is InChI=1S/C11H11F2N3S/c12-10(13)6-16-8-14-11(15-16)17-7-9-4-2-1-3-5-9/h1-5,8,10H,6-7H2. The van der Waals surface area contributed by atoms with Crippen LogP contribution in [0, 0.1) is 0 Å². The predicted molar refractivity (Wildman–Crippen MR) is 62.0 cm³/mol. The largest absolute Gasteiger partial charge is 0.257 e. The Morgan fingerprint density at radius 2 is 2.00 bits per heavy atom. The fourth-order valence-electron chi connectivity index (χ4n) is 1.30. The van der Waals surface area contributed by atoms with E-state index in [-0.39, 0.29) is 0 Å². The summed E-state index contributed by atoms with van der Waals surface area (Å²) in [5.41, 5.74) is 1.16. The van der Waals surface area contributed by atoms with Gasteiger partial charge in [0.2, 0.25) is 5.16 Å². The molecule has 0 aliphatic heterocycles. The van der Waals surface area contributed by atoms with Crippen LogP contribution in [0.2, 0.25) is 0 Å². The van der Waals surface area contributed by atoms with E-state index in [1.165, 1.54) is 18.1 Å². The Hall–Kier alpha value is -1.43. The number of alkyl halides is 2. The van der Waals surface area contributed by atoms with E-state index in [1.54, 1.807) is 0 Å². The first-order valence-corrected chi connectivity index (χ1v) is 6.07. The van der Waals surface area contributed by atoms with Gasteiger partial charge in [-0.2, -0.15) is 0 Å². The SMILES string of the molecule is FC(F)Cn1cnc(SCc2ccccc2)n1. The number of rotatable bonds is 5. The van der Waals surface area contributed by atoms with Gasteiger partial charge in [-0.15, -0.1) is 5.10 Å². The average Bonchev–Trinajstić information content (AvgIpc) is 2.75. The molecule has 0 atom stereocenters. The number of hydrogen-bond acceptors (Lipinski definition) is 3. The first kappa shape index (κ1) is 12.0. The topological polar surface area (TPSA) is 30.7 Å². The smallest absolute Gasteiger partial charge is 0.246 e. The molecule has 0 bridgehead atoms. The Kier molecular flexibility index (Phi) is 4.08. The van der Waals surface area contributed by atoms with Crippen molar-refractivity contribution >= 4 is 11.8 Å². The minimum atomic E-state index is -2.40. The lowest BCUT2D eigenvalue weighted by molar-refractivity contribution is 0.121. The summed E-state index contributed by atoms with van der Waals surface area (Å²) in [5, 5.41) is 4.48. The highest BCUT2D eigenvalue weighted by Crippen LogP contribution is 2.18. The van der Waals surface area contributed by atoms with Crippen molar-refractivity contribution in [1.29, 1.82) is 0 Å². The Bertz CT molecular complexity index is 459. The van der Waals surface area contributed by atoms with Gasteiger partial charge in [-0.3, -0.25) is 0 Å². The average molecular weight is 255 g/mol. The molecule has 0 aliphatic rings. The van der Waals surface area contributed by atoms with Crippen LogP contribution in [0.1, 0.15) is 5.56 Å². The number of halogens is 2. The van der Waals surface area contributed by atoms with E-state index >= 15 is 0 Å². The summed E-state index contributed by atoms with van der Waals surface area (Å²) < 4.78 is 25.3. The number of benzene rings is 1. The van der Waals surface area contributed by atoms with E-state index in [0.717, 1.165) is 16.0 Å². The summed E-state index contributed by atoms with van der Waals surface area (Å²) in [6, 6.07) is 9.87. The molecular formula is C11H11F2N3S. The molecule has 2 aromatic rings. The van der Waals surface area contributed by atoms with Crippen molar-refractivity contribution in [1.82, 2.24) is 14.8 Å². The van der Waals surface area contributed by atoms with Gasteiger partial charge in [0.25, 0.3) is 6.43 Å². The molecule has 0 aliphatic carbocycles. The fourth-order valence-corrected chi connectivity index (χ4v) is 2.07. The molecule has 0 amide bonds. The van der Waals surface area contributed by atoms with Gasteiger partial charge in [-0.1, -0.05) is 42.1 Å². The van der Waals surface area contributed by atoms with E-state index in [0.29, 0.717) is 5.16 Å². The van der Waals surface area contributed by atoms with Crippen molar-refractivity contribution < 1.29 is 8.78 Å². The molecule has 17 heavy (non-hydrogen) atoms. The van der Waals surface area contributed by atoms with Crippen LogP contribution in [0.5, 0.6) is 0 Å². The van der Waals surface area contributed by atoms with Gasteiger partial charge in [0.1, 0.15) is 12.9 Å². The third-order valence-corrected chi connectivity index (χ3v) is 2.97. The van der Waals surface area contributed by atoms with Crippen molar-refractivity contribution in [3.8, 4) is 0 Å². The lowest BCUT2D eigenvalue weighted by Gasteiger charge is -1.98. The Morgan fingerprint density at radius 3 is 2.71 bits per heavy atom. The highest BCUT2D eigenvalue weighted by Gasteiger charge is 2.07. The molecular weight excluding hydrogens is 244 g/mol. The molecule has 0 unspecified atom stereocenters. The van der Waals surface area contributed by atoms with Crippen LogP contribution in [0.25, 0.3) is 0 Å². The van der Waals surface area contributed by atoms with Gasteiger partial charge >= 0.3 is 0 Å². The van der Waals surface area contributed by atoms with E-state index in [1.807, 2.05) is 30.3 Å². The molecule has 0 saturated carbocycles. The van der Waals surface area contributed by atoms with Gasteiger partial charge in [0.05, 0.1) is 0 Å². The van der Waals surface area contributed by atoms with Gasteiger partial charge in [0.15, 0.2) is 0 Å². The van der Waals surface area contributed by atoms with Crippen LogP contribution >= 0.6 is 11.8 Å². The van der Waals surface area contributed by atoms with Crippen molar-refractivity contribution in [3.63, 3.8) is 0 Å². The third-order valence-electron chi connectivity index (χ3n) is 2.05. The van der Waals surface area contributed by atoms with Crippen LogP contribution in [0.15, 0.2) is 41.8 Å². The van der Waals surface area contributed by atoms with Gasteiger partial charge in [0, 0.05) is 5.75 Å². The summed E-state index contributed by atoms with van der Waals surface area (Å²) in [6.07, 6.45) is -1.07. The lowest BCUT2D eigenvalue weighted by Crippen LogP contribution is -2.06. The monoisotopic (exact) mass is 255 g/mol. The van der Waals surface area contributed by atoms with Crippen LogP contribution < -0.4 is 0 Å². The highest BCUT2D eigenvalue weighted by molar-refractivity contribution is 7.98. The maximum Gasteiger partial charge on any atom is 0.257 e. The summed E-state index contributed by atoms with van der Waals surface area (Å²) in [4.78, 5) is 3.97. The second-order valence-electron chi connectivity index (χ2n) is 3.41. The normalized spacial score (nSPS) is 11.0. The third kappa shape index (κ3) is 3.81. The highest BCUT2D eigenvalue weighted by atomic mass is 32.2. The molecule has 6 heteroatoms. The molecule has 1 aromatic heterocycles. The Balaban J connectivity index is 1.89. The second kappa shape index (κ2) is 5.77. The molecule has 1 aromatic carbocycles. The van der Waals surface area contributed by atoms with Crippen LogP contribution in [0.3, 0.4) is 0 Å². The fraction of sp³-hybridized carbons (Fsp3) is 0.273. The number of nitrogens with zero attached hydrogens (tertiary/aromatic N) is 3. The molecule has 0 fully saturated rings. The number of aromatic nitrogens is 3. The number of thioether (sulfide) groups is 1. The quantitative estimate of drug-likeness (QED) is 0.770. The Morgan fingerprint density at radius 1 is 1.24 bits per heavy atom. The molecule has 0 saturated heterocycles. The minimum absolute atomic E-state index is 0.404. The molecule has 3 nitrogen and oxygen atoms in total. The maximum atomic E-state index is 12.1. The first-order chi connectivity index (χ1) is 8.24. The number of hydrogen-bond donors (Lipinski definition) is 0. The van der Waals surface area contributed by atoms with Crippen molar-refractivity contribution in [2.45, 2.75) is 23.9 Å². The Labute approximate surface area is 102 Å². The van der Waals surface area contributed by atoms with E-state index in [2.05, 4.69) is 10.1 Å². The summed E-state index contributed by atoms with van der Waals surface area (Å²) in [5.74, 6) is 0.736. The predicted octanol–water partition coefficient (Wildman–Crippen LogP) is 2.84. The zero-order chi connectivity index (χ0) is 12.1. The molecule has 0 radical (unpaired) electrons. The summed E-state index contributed by atoms with van der Waals surface area (Å²) >= 11 is 1.43. The zero-order valence-electron chi connectivity index (χ0n) is 8.96. The van der Waals surface area contributed by atoms with Crippen molar-refractivity contribution in [2.24, 2.45) is 0 Å². The summed E-state index contributed by atoms with van der Waals surface area (Å²) in [6.45, 7) is -0.404. The minimum Gasteiger partial charge on any atom is -0.246 e. The molecule has 0 N–H and O–H groups in total. The van der Waals surface area contributed by atoms with Gasteiger partial charge in [-0.25, -0.2) is 18.4 Å². The van der Waals surface area contributed by atoms with Crippen LogP contribution in [-0.2, 0) is 12.3 Å². The summed E-state index contributed by atoms with van der Waals surface area (Å²) in [7, 11) is 0.